The van der Waals surface area contributed by atoms with Crippen molar-refractivity contribution in [1.29, 1.82) is 0 Å². The number of halogens is 1. The zero-order chi connectivity index (χ0) is 19.4. The maximum Gasteiger partial charge on any atom is 0.313 e. The van der Waals surface area contributed by atoms with Crippen molar-refractivity contribution < 1.29 is 14.5 Å². The number of hydrogen-bond acceptors (Lipinski definition) is 5. The fraction of sp³-hybridized carbons (Fsp3) is 0.222. The van der Waals surface area contributed by atoms with Gasteiger partial charge in [-0.15, -0.1) is 0 Å². The highest BCUT2D eigenvalue weighted by molar-refractivity contribution is 6.39. The van der Waals surface area contributed by atoms with E-state index in [4.69, 9.17) is 11.6 Å². The van der Waals surface area contributed by atoms with E-state index in [0.29, 0.717) is 26.2 Å². The second kappa shape index (κ2) is 8.05. The highest BCUT2D eigenvalue weighted by atomic mass is 35.5. The number of benzene rings is 2. The summed E-state index contributed by atoms with van der Waals surface area (Å²) in [5.41, 5.74) is 0.883. The molecule has 0 aliphatic carbocycles. The van der Waals surface area contributed by atoms with E-state index >= 15 is 0 Å². The standard InChI is InChI=1S/C18H17ClN4O4/c19-15-7-6-13(12-16(15)23(26)27)20-17(24)18(25)22-10-8-21(9-11-22)14-4-2-1-3-5-14/h1-7,12H,8-11H2,(H,20,24). The molecule has 2 amide bonds. The topological polar surface area (TPSA) is 95.8 Å². The Kier molecular flexibility index (Phi) is 5.56. The number of nitro benzene ring substituents is 1. The van der Waals surface area contributed by atoms with Gasteiger partial charge in [-0.2, -0.15) is 0 Å². The molecule has 0 spiro atoms. The summed E-state index contributed by atoms with van der Waals surface area (Å²) in [5, 5.41) is 13.3. The fourth-order valence-electron chi connectivity index (χ4n) is 2.87. The van der Waals surface area contributed by atoms with Gasteiger partial charge in [-0.1, -0.05) is 29.8 Å². The third-order valence-electron chi connectivity index (χ3n) is 4.28. The Bertz CT molecular complexity index is 867. The van der Waals surface area contributed by atoms with Gasteiger partial charge in [0, 0.05) is 43.6 Å². The van der Waals surface area contributed by atoms with E-state index in [1.54, 1.807) is 0 Å². The van der Waals surface area contributed by atoms with Gasteiger partial charge < -0.3 is 15.1 Å². The normalized spacial score (nSPS) is 14.0. The zero-order valence-corrected chi connectivity index (χ0v) is 15.1. The number of nitrogens with one attached hydrogen (secondary N) is 1. The summed E-state index contributed by atoms with van der Waals surface area (Å²) in [6.45, 7) is 2.08. The predicted octanol–water partition coefficient (Wildman–Crippen LogP) is 2.54. The molecule has 8 nitrogen and oxygen atoms in total. The van der Waals surface area contributed by atoms with Crippen LogP contribution < -0.4 is 10.2 Å². The molecule has 0 saturated carbocycles. The van der Waals surface area contributed by atoms with Crippen LogP contribution in [0.1, 0.15) is 0 Å². The molecule has 1 N–H and O–H groups in total. The van der Waals surface area contributed by atoms with E-state index in [-0.39, 0.29) is 16.4 Å². The highest BCUT2D eigenvalue weighted by Crippen LogP contribution is 2.27. The van der Waals surface area contributed by atoms with Gasteiger partial charge in [-0.3, -0.25) is 19.7 Å². The van der Waals surface area contributed by atoms with E-state index in [0.717, 1.165) is 11.8 Å². The summed E-state index contributed by atoms with van der Waals surface area (Å²) in [7, 11) is 0. The Labute approximate surface area is 160 Å². The molecule has 2 aromatic rings. The van der Waals surface area contributed by atoms with Crippen LogP contribution >= 0.6 is 11.6 Å². The minimum atomic E-state index is -0.834. The Balaban J connectivity index is 1.59. The van der Waals surface area contributed by atoms with Crippen molar-refractivity contribution in [2.75, 3.05) is 36.4 Å². The van der Waals surface area contributed by atoms with Gasteiger partial charge in [0.05, 0.1) is 4.92 Å². The van der Waals surface area contributed by atoms with Crippen molar-refractivity contribution in [1.82, 2.24) is 4.90 Å². The first-order valence-corrected chi connectivity index (χ1v) is 8.67. The molecule has 27 heavy (non-hydrogen) atoms. The molecule has 0 aromatic heterocycles. The van der Waals surface area contributed by atoms with Crippen molar-refractivity contribution in [3.63, 3.8) is 0 Å². The molecule has 1 aliphatic heterocycles. The number of nitrogens with zero attached hydrogens (tertiary/aromatic N) is 3. The number of carbonyl (C=O) groups is 2. The lowest BCUT2D eigenvalue weighted by molar-refractivity contribution is -0.384. The lowest BCUT2D eigenvalue weighted by atomic mass is 10.2. The van der Waals surface area contributed by atoms with Gasteiger partial charge in [-0.25, -0.2) is 0 Å². The van der Waals surface area contributed by atoms with Crippen LogP contribution in [-0.2, 0) is 9.59 Å². The Hall–Kier alpha value is -3.13. The Morgan fingerprint density at radius 2 is 1.70 bits per heavy atom. The van der Waals surface area contributed by atoms with Gasteiger partial charge >= 0.3 is 11.8 Å². The summed E-state index contributed by atoms with van der Waals surface area (Å²) < 4.78 is 0. The van der Waals surface area contributed by atoms with Crippen molar-refractivity contribution in [2.45, 2.75) is 0 Å². The SMILES string of the molecule is O=C(Nc1ccc(Cl)c([N+](=O)[O-])c1)C(=O)N1CCN(c2ccccc2)CC1. The Morgan fingerprint density at radius 1 is 1.04 bits per heavy atom. The first-order valence-electron chi connectivity index (χ1n) is 8.30. The van der Waals surface area contributed by atoms with Crippen LogP contribution in [0, 0.1) is 10.1 Å². The number of nitro groups is 1. The van der Waals surface area contributed by atoms with Crippen molar-refractivity contribution >= 4 is 40.5 Å². The third-order valence-corrected chi connectivity index (χ3v) is 4.60. The Morgan fingerprint density at radius 3 is 2.33 bits per heavy atom. The summed E-state index contributed by atoms with van der Waals surface area (Å²) >= 11 is 5.74. The monoisotopic (exact) mass is 388 g/mol. The second-order valence-corrected chi connectivity index (χ2v) is 6.40. The summed E-state index contributed by atoms with van der Waals surface area (Å²) in [6.07, 6.45) is 0. The van der Waals surface area contributed by atoms with Crippen molar-refractivity contribution in [3.05, 3.63) is 63.7 Å². The molecule has 9 heteroatoms. The zero-order valence-electron chi connectivity index (χ0n) is 14.3. The summed E-state index contributed by atoms with van der Waals surface area (Å²) in [5.74, 6) is -1.50. The quantitative estimate of drug-likeness (QED) is 0.495. The lowest BCUT2D eigenvalue weighted by Crippen LogP contribution is -2.51. The smallest absolute Gasteiger partial charge is 0.313 e. The largest absolute Gasteiger partial charge is 0.368 e. The molecule has 140 valence electrons. The average Bonchev–Trinajstić information content (AvgIpc) is 2.69. The second-order valence-electron chi connectivity index (χ2n) is 5.99. The van der Waals surface area contributed by atoms with Crippen LogP contribution in [0.5, 0.6) is 0 Å². The molecule has 0 bridgehead atoms. The predicted molar refractivity (Wildman–Crippen MR) is 102 cm³/mol. The van der Waals surface area contributed by atoms with E-state index in [2.05, 4.69) is 10.2 Å². The van der Waals surface area contributed by atoms with Crippen LogP contribution in [0.25, 0.3) is 0 Å². The molecule has 2 aromatic carbocycles. The number of hydrogen-bond donors (Lipinski definition) is 1. The van der Waals surface area contributed by atoms with Crippen LogP contribution in [0.2, 0.25) is 5.02 Å². The first-order chi connectivity index (χ1) is 13.0. The van der Waals surface area contributed by atoms with E-state index in [1.165, 1.54) is 17.0 Å². The molecule has 0 radical (unpaired) electrons. The molecule has 0 atom stereocenters. The van der Waals surface area contributed by atoms with Crippen LogP contribution in [0.3, 0.4) is 0 Å². The summed E-state index contributed by atoms with van der Waals surface area (Å²) in [6, 6.07) is 13.7. The van der Waals surface area contributed by atoms with Crippen LogP contribution in [-0.4, -0.2) is 47.8 Å². The lowest BCUT2D eigenvalue weighted by Gasteiger charge is -2.35. The molecular formula is C18H17ClN4O4. The van der Waals surface area contributed by atoms with Gasteiger partial charge in [0.25, 0.3) is 5.69 Å². The van der Waals surface area contributed by atoms with Crippen LogP contribution in [0.15, 0.2) is 48.5 Å². The van der Waals surface area contributed by atoms with Gasteiger partial charge in [0.2, 0.25) is 0 Å². The van der Waals surface area contributed by atoms with E-state index in [1.807, 2.05) is 30.3 Å². The minimum Gasteiger partial charge on any atom is -0.368 e. The average molecular weight is 389 g/mol. The molecule has 0 unspecified atom stereocenters. The molecule has 1 saturated heterocycles. The van der Waals surface area contributed by atoms with Gasteiger partial charge in [0.15, 0.2) is 0 Å². The number of amides is 2. The maximum atomic E-state index is 12.4. The van der Waals surface area contributed by atoms with E-state index < -0.39 is 16.7 Å². The maximum absolute atomic E-state index is 12.4. The number of para-hydroxylation sites is 1. The number of carbonyl (C=O) groups excluding carboxylic acids is 2. The minimum absolute atomic E-state index is 0.0404. The van der Waals surface area contributed by atoms with Gasteiger partial charge in [0.1, 0.15) is 5.02 Å². The third kappa shape index (κ3) is 4.35. The fourth-order valence-corrected chi connectivity index (χ4v) is 3.05. The molecular weight excluding hydrogens is 372 g/mol. The molecule has 1 fully saturated rings. The van der Waals surface area contributed by atoms with Gasteiger partial charge in [-0.05, 0) is 24.3 Å². The molecule has 3 rings (SSSR count). The van der Waals surface area contributed by atoms with Crippen molar-refractivity contribution in [2.24, 2.45) is 0 Å². The van der Waals surface area contributed by atoms with Crippen LogP contribution in [0.4, 0.5) is 17.1 Å². The molecule has 1 heterocycles. The first kappa shape index (κ1) is 18.7. The summed E-state index contributed by atoms with van der Waals surface area (Å²) in [4.78, 5) is 38.5. The van der Waals surface area contributed by atoms with E-state index in [9.17, 15) is 19.7 Å². The number of rotatable bonds is 3. The molecule has 1 aliphatic rings. The number of anilines is 2. The highest BCUT2D eigenvalue weighted by Gasteiger charge is 2.26. The van der Waals surface area contributed by atoms with Crippen molar-refractivity contribution in [3.8, 4) is 0 Å². The number of piperazine rings is 1.